The molecule has 5 heterocycles. The van der Waals surface area contributed by atoms with Gasteiger partial charge in [-0.3, -0.25) is 9.13 Å². The van der Waals surface area contributed by atoms with Gasteiger partial charge in [0.1, 0.15) is 22.4 Å². The van der Waals surface area contributed by atoms with Crippen LogP contribution in [0.25, 0.3) is 100 Å². The van der Waals surface area contributed by atoms with Crippen molar-refractivity contribution in [1.82, 2.24) is 19.1 Å². The summed E-state index contributed by atoms with van der Waals surface area (Å²) in [5.41, 5.74) is 13.2. The van der Waals surface area contributed by atoms with Gasteiger partial charge in [0.25, 0.3) is 0 Å². The van der Waals surface area contributed by atoms with E-state index in [-0.39, 0.29) is 0 Å². The minimum Gasteiger partial charge on any atom is -0.452 e. The van der Waals surface area contributed by atoms with Crippen molar-refractivity contribution >= 4 is 66.7 Å². The molecular weight excluding hydrogens is 681 g/mol. The van der Waals surface area contributed by atoms with Crippen LogP contribution in [0, 0.1) is 0 Å². The summed E-state index contributed by atoms with van der Waals surface area (Å²) in [7, 11) is 0. The Labute approximate surface area is 313 Å². The minimum absolute atomic E-state index is 0.663. The molecule has 0 atom stereocenters. The topological polar surface area (TPSA) is 48.8 Å². The molecule has 1 aliphatic heterocycles. The quantitative estimate of drug-likeness (QED) is 0.183. The number of furan rings is 1. The maximum atomic E-state index is 6.37. The van der Waals surface area contributed by atoms with E-state index < -0.39 is 0 Å². The van der Waals surface area contributed by atoms with Gasteiger partial charge >= 0.3 is 0 Å². The Morgan fingerprint density at radius 1 is 0.500 bits per heavy atom. The highest BCUT2D eigenvalue weighted by Crippen LogP contribution is 2.49. The summed E-state index contributed by atoms with van der Waals surface area (Å²) in [6.07, 6.45) is 0. The Hall–Kier alpha value is -6.89. The summed E-state index contributed by atoms with van der Waals surface area (Å²) >= 11 is 1.86. The van der Waals surface area contributed by atoms with Gasteiger partial charge in [-0.05, 0) is 65.7 Å². The zero-order chi connectivity index (χ0) is 35.3. The summed E-state index contributed by atoms with van der Waals surface area (Å²) in [5, 5.41) is 4.75. The molecule has 7 aromatic carbocycles. The fourth-order valence-electron chi connectivity index (χ4n) is 8.34. The molecular formula is C48H28N4OS. The molecule has 0 unspecified atom stereocenters. The van der Waals surface area contributed by atoms with Gasteiger partial charge in [-0.1, -0.05) is 127 Å². The number of hydrogen-bond acceptors (Lipinski definition) is 4. The maximum Gasteiger partial charge on any atom is 0.180 e. The van der Waals surface area contributed by atoms with Gasteiger partial charge in [-0.25, -0.2) is 9.97 Å². The molecule has 5 nitrogen and oxygen atoms in total. The van der Waals surface area contributed by atoms with Crippen molar-refractivity contribution in [3.8, 4) is 45.1 Å². The molecule has 0 bridgehead atoms. The Kier molecular flexibility index (Phi) is 6.21. The molecule has 12 rings (SSSR count). The van der Waals surface area contributed by atoms with Crippen molar-refractivity contribution in [3.05, 3.63) is 170 Å². The van der Waals surface area contributed by atoms with Gasteiger partial charge < -0.3 is 4.42 Å². The van der Waals surface area contributed by atoms with E-state index in [1.54, 1.807) is 0 Å². The molecule has 0 fully saturated rings. The van der Waals surface area contributed by atoms with E-state index in [9.17, 15) is 0 Å². The molecule has 0 saturated carbocycles. The monoisotopic (exact) mass is 708 g/mol. The molecule has 0 N–H and O–H groups in total. The number of rotatable bonds is 4. The van der Waals surface area contributed by atoms with Crippen LogP contribution in [0.5, 0.6) is 0 Å². The van der Waals surface area contributed by atoms with E-state index in [4.69, 9.17) is 14.4 Å². The van der Waals surface area contributed by atoms with Crippen molar-refractivity contribution < 1.29 is 4.42 Å². The molecule has 0 saturated heterocycles. The lowest BCUT2D eigenvalue weighted by molar-refractivity contribution is 0.667. The largest absolute Gasteiger partial charge is 0.452 e. The summed E-state index contributed by atoms with van der Waals surface area (Å²) in [4.78, 5) is 12.8. The second kappa shape index (κ2) is 11.3. The summed E-state index contributed by atoms with van der Waals surface area (Å²) in [5.74, 6) is 0.663. The van der Waals surface area contributed by atoms with Gasteiger partial charge in [0.15, 0.2) is 11.4 Å². The molecule has 0 spiro atoms. The average molecular weight is 709 g/mol. The average Bonchev–Trinajstić information content (AvgIpc) is 3.90. The molecule has 54 heavy (non-hydrogen) atoms. The van der Waals surface area contributed by atoms with E-state index in [2.05, 4.69) is 143 Å². The highest BCUT2D eigenvalue weighted by Gasteiger charge is 2.28. The van der Waals surface area contributed by atoms with Crippen LogP contribution in [-0.4, -0.2) is 19.1 Å². The smallest absolute Gasteiger partial charge is 0.180 e. The van der Waals surface area contributed by atoms with Gasteiger partial charge in [-0.2, -0.15) is 0 Å². The molecule has 11 aromatic rings. The fraction of sp³-hybridized carbons (Fsp3) is 0. The van der Waals surface area contributed by atoms with Crippen LogP contribution in [0.15, 0.2) is 184 Å². The molecule has 0 radical (unpaired) electrons. The fourth-order valence-corrected chi connectivity index (χ4v) is 9.44. The van der Waals surface area contributed by atoms with Crippen LogP contribution in [-0.2, 0) is 0 Å². The highest BCUT2D eigenvalue weighted by atomic mass is 32.2. The van der Waals surface area contributed by atoms with Crippen molar-refractivity contribution in [2.45, 2.75) is 9.79 Å². The van der Waals surface area contributed by atoms with Crippen molar-refractivity contribution in [1.29, 1.82) is 0 Å². The Bertz CT molecular complexity index is 3300. The predicted octanol–water partition coefficient (Wildman–Crippen LogP) is 12.9. The third kappa shape index (κ3) is 4.23. The molecule has 1 aliphatic rings. The third-order valence-corrected chi connectivity index (χ3v) is 11.8. The van der Waals surface area contributed by atoms with Crippen LogP contribution in [0.2, 0.25) is 0 Å². The molecule has 252 valence electrons. The first-order chi connectivity index (χ1) is 26.8. The molecule has 0 amide bonds. The van der Waals surface area contributed by atoms with E-state index in [1.165, 1.54) is 42.8 Å². The van der Waals surface area contributed by atoms with Gasteiger partial charge in [0.05, 0.1) is 16.7 Å². The number of benzene rings is 7. The summed E-state index contributed by atoms with van der Waals surface area (Å²) < 4.78 is 11.3. The lowest BCUT2D eigenvalue weighted by Gasteiger charge is -2.21. The first-order valence-electron chi connectivity index (χ1n) is 18.1. The zero-order valence-electron chi connectivity index (χ0n) is 28.8. The predicted molar refractivity (Wildman–Crippen MR) is 221 cm³/mol. The maximum absolute atomic E-state index is 6.37. The van der Waals surface area contributed by atoms with Gasteiger partial charge in [-0.15, -0.1) is 0 Å². The lowest BCUT2D eigenvalue weighted by atomic mass is 10.0. The number of hydrogen-bond donors (Lipinski definition) is 0. The van der Waals surface area contributed by atoms with E-state index in [0.29, 0.717) is 11.4 Å². The zero-order valence-corrected chi connectivity index (χ0v) is 29.6. The Morgan fingerprint density at radius 3 is 2.11 bits per heavy atom. The second-order valence-corrected chi connectivity index (χ2v) is 14.9. The van der Waals surface area contributed by atoms with Crippen LogP contribution in [0.3, 0.4) is 0 Å². The number of nitrogens with zero attached hydrogens (tertiary/aromatic N) is 4. The highest BCUT2D eigenvalue weighted by molar-refractivity contribution is 7.99. The van der Waals surface area contributed by atoms with Crippen LogP contribution >= 0.6 is 11.8 Å². The summed E-state index contributed by atoms with van der Waals surface area (Å²) in [6.45, 7) is 0. The van der Waals surface area contributed by atoms with Crippen molar-refractivity contribution in [2.75, 3.05) is 0 Å². The number of fused-ring (bicyclic) bond motifs is 10. The number of aromatic nitrogens is 4. The van der Waals surface area contributed by atoms with Crippen LogP contribution < -0.4 is 0 Å². The first-order valence-corrected chi connectivity index (χ1v) is 18.9. The molecule has 4 aromatic heterocycles. The second-order valence-electron chi connectivity index (χ2n) is 13.8. The molecule has 0 aliphatic carbocycles. The van der Waals surface area contributed by atoms with Crippen LogP contribution in [0.4, 0.5) is 0 Å². The van der Waals surface area contributed by atoms with E-state index >= 15 is 0 Å². The molecule has 6 heteroatoms. The first kappa shape index (κ1) is 29.7. The third-order valence-electron chi connectivity index (χ3n) is 10.7. The van der Waals surface area contributed by atoms with Crippen LogP contribution in [0.1, 0.15) is 0 Å². The Morgan fingerprint density at radius 2 is 1.20 bits per heavy atom. The van der Waals surface area contributed by atoms with Gasteiger partial charge in [0.2, 0.25) is 0 Å². The van der Waals surface area contributed by atoms with Gasteiger partial charge in [0, 0.05) is 48.2 Å². The Balaban J connectivity index is 1.09. The van der Waals surface area contributed by atoms with E-state index in [1.807, 2.05) is 48.2 Å². The number of para-hydroxylation sites is 4. The van der Waals surface area contributed by atoms with Crippen molar-refractivity contribution in [2.24, 2.45) is 0 Å². The normalized spacial score (nSPS) is 12.4. The van der Waals surface area contributed by atoms with E-state index in [0.717, 1.165) is 55.6 Å². The standard InChI is InChI=1S/C48H28N4OS/c1-3-13-29(14-4-1)43-46-44(35-19-7-9-22-39(35)53-46)50-47(49-43)32-16-11-15-30(27-32)31-25-26-34-38(28-31)51(33-17-5-2-6-18-33)48-42(34)36-20-12-24-41-45(36)52(48)37-21-8-10-23-40(37)54-41/h1-28H. The minimum atomic E-state index is 0.663. The summed E-state index contributed by atoms with van der Waals surface area (Å²) in [6, 6.07) is 60.0. The lowest BCUT2D eigenvalue weighted by Crippen LogP contribution is -2.05. The van der Waals surface area contributed by atoms with Crippen molar-refractivity contribution in [3.63, 3.8) is 0 Å². The SMILES string of the molecule is c1ccc(-c2nc(-c3cccc(-c4ccc5c6c7cccc8c7n(c6n(-c6ccccc6)c5c4)-c4ccccc4S8)c3)nc3c2oc2ccccc23)cc1.